The number of hydrogen-bond acceptors (Lipinski definition) is 4. The van der Waals surface area contributed by atoms with E-state index >= 15 is 0 Å². The summed E-state index contributed by atoms with van der Waals surface area (Å²) in [5.41, 5.74) is 3.64. The van der Waals surface area contributed by atoms with Crippen molar-refractivity contribution in [1.29, 1.82) is 0 Å². The van der Waals surface area contributed by atoms with Gasteiger partial charge in [-0.1, -0.05) is 12.1 Å². The molecule has 6 heteroatoms. The lowest BCUT2D eigenvalue weighted by molar-refractivity contribution is 0.102. The molecule has 1 amide bonds. The third-order valence-corrected chi connectivity index (χ3v) is 4.28. The van der Waals surface area contributed by atoms with Crippen LogP contribution in [0.15, 0.2) is 61.2 Å². The topological polar surface area (TPSA) is 63.1 Å². The third-order valence-electron chi connectivity index (χ3n) is 4.28. The Balaban J connectivity index is 1.62. The summed E-state index contributed by atoms with van der Waals surface area (Å²) in [6.07, 6.45) is 3.18. The van der Waals surface area contributed by atoms with Crippen molar-refractivity contribution in [1.82, 2.24) is 14.8 Å². The first-order valence-electron chi connectivity index (χ1n) is 8.77. The maximum atomic E-state index is 12.4. The van der Waals surface area contributed by atoms with Crippen LogP contribution < -0.4 is 10.2 Å². The Kier molecular flexibility index (Phi) is 5.63. The molecule has 0 aliphatic rings. The summed E-state index contributed by atoms with van der Waals surface area (Å²) in [4.78, 5) is 18.6. The predicted octanol–water partition coefficient (Wildman–Crippen LogP) is 3.42. The molecule has 1 aromatic heterocycles. The SMILES string of the molecule is CCN(CC)c1ccc(NC(=O)c2ccc(Cn3cncn3)cc2)cc1. The van der Waals surface area contributed by atoms with Crippen LogP contribution in [-0.2, 0) is 6.54 Å². The molecule has 0 fully saturated rings. The number of amides is 1. The first-order chi connectivity index (χ1) is 12.7. The number of carbonyl (C=O) groups excluding carboxylic acids is 1. The first-order valence-corrected chi connectivity index (χ1v) is 8.77. The first kappa shape index (κ1) is 17.7. The average Bonchev–Trinajstić information content (AvgIpc) is 3.18. The highest BCUT2D eigenvalue weighted by Gasteiger charge is 2.07. The zero-order valence-electron chi connectivity index (χ0n) is 15.1. The van der Waals surface area contributed by atoms with Crippen LogP contribution in [0.5, 0.6) is 0 Å². The van der Waals surface area contributed by atoms with Crippen LogP contribution in [0.2, 0.25) is 0 Å². The van der Waals surface area contributed by atoms with E-state index in [2.05, 4.69) is 34.1 Å². The van der Waals surface area contributed by atoms with Gasteiger partial charge in [0.25, 0.3) is 5.91 Å². The molecule has 0 aliphatic carbocycles. The van der Waals surface area contributed by atoms with E-state index in [1.165, 1.54) is 6.33 Å². The number of hydrogen-bond donors (Lipinski definition) is 1. The van der Waals surface area contributed by atoms with Crippen molar-refractivity contribution in [3.8, 4) is 0 Å². The fraction of sp³-hybridized carbons (Fsp3) is 0.250. The quantitative estimate of drug-likeness (QED) is 0.710. The van der Waals surface area contributed by atoms with Crippen LogP contribution in [0.4, 0.5) is 11.4 Å². The Labute approximate surface area is 153 Å². The lowest BCUT2D eigenvalue weighted by atomic mass is 10.1. The van der Waals surface area contributed by atoms with Gasteiger partial charge in [-0.3, -0.25) is 4.79 Å². The second-order valence-corrected chi connectivity index (χ2v) is 5.96. The van der Waals surface area contributed by atoms with Gasteiger partial charge in [-0.2, -0.15) is 5.10 Å². The zero-order chi connectivity index (χ0) is 18.4. The maximum Gasteiger partial charge on any atom is 0.255 e. The highest BCUT2D eigenvalue weighted by molar-refractivity contribution is 6.04. The van der Waals surface area contributed by atoms with Gasteiger partial charge in [0.2, 0.25) is 0 Å². The Morgan fingerprint density at radius 2 is 1.73 bits per heavy atom. The number of nitrogens with one attached hydrogen (secondary N) is 1. The third kappa shape index (κ3) is 4.27. The molecule has 0 spiro atoms. The van der Waals surface area contributed by atoms with Crippen LogP contribution in [0.25, 0.3) is 0 Å². The van der Waals surface area contributed by atoms with Crippen LogP contribution in [0.1, 0.15) is 29.8 Å². The number of benzene rings is 2. The molecule has 0 saturated heterocycles. The minimum atomic E-state index is -0.118. The average molecular weight is 349 g/mol. The van der Waals surface area contributed by atoms with Gasteiger partial charge in [-0.05, 0) is 55.8 Å². The van der Waals surface area contributed by atoms with E-state index in [0.29, 0.717) is 12.1 Å². The Hall–Kier alpha value is -3.15. The molecule has 26 heavy (non-hydrogen) atoms. The molecule has 1 N–H and O–H groups in total. The molecule has 0 unspecified atom stereocenters. The van der Waals surface area contributed by atoms with E-state index < -0.39 is 0 Å². The van der Waals surface area contributed by atoms with Gasteiger partial charge >= 0.3 is 0 Å². The largest absolute Gasteiger partial charge is 0.372 e. The number of rotatable bonds is 7. The van der Waals surface area contributed by atoms with E-state index in [1.807, 2.05) is 48.5 Å². The Bertz CT molecular complexity index is 822. The molecular weight excluding hydrogens is 326 g/mol. The van der Waals surface area contributed by atoms with Gasteiger partial charge in [0.05, 0.1) is 6.54 Å². The molecule has 3 aromatic rings. The fourth-order valence-electron chi connectivity index (χ4n) is 2.81. The van der Waals surface area contributed by atoms with Crippen molar-refractivity contribution in [2.75, 3.05) is 23.3 Å². The molecule has 0 atom stereocenters. The standard InChI is InChI=1S/C20H23N5O/c1-3-24(4-2)19-11-9-18(10-12-19)23-20(26)17-7-5-16(6-8-17)13-25-15-21-14-22-25/h5-12,14-15H,3-4,13H2,1-2H3,(H,23,26). The van der Waals surface area contributed by atoms with Gasteiger partial charge in [0, 0.05) is 30.0 Å². The van der Waals surface area contributed by atoms with Crippen LogP contribution in [-0.4, -0.2) is 33.8 Å². The van der Waals surface area contributed by atoms with Gasteiger partial charge in [0.1, 0.15) is 12.7 Å². The summed E-state index contributed by atoms with van der Waals surface area (Å²) < 4.78 is 1.74. The van der Waals surface area contributed by atoms with Crippen molar-refractivity contribution >= 4 is 17.3 Å². The van der Waals surface area contributed by atoms with Crippen molar-refractivity contribution in [3.63, 3.8) is 0 Å². The highest BCUT2D eigenvalue weighted by Crippen LogP contribution is 2.18. The van der Waals surface area contributed by atoms with Crippen LogP contribution in [0, 0.1) is 0 Å². The van der Waals surface area contributed by atoms with Crippen molar-refractivity contribution < 1.29 is 4.79 Å². The molecule has 0 aliphatic heterocycles. The summed E-state index contributed by atoms with van der Waals surface area (Å²) in [7, 11) is 0. The fourth-order valence-corrected chi connectivity index (χ4v) is 2.81. The van der Waals surface area contributed by atoms with E-state index in [0.717, 1.165) is 30.0 Å². The summed E-state index contributed by atoms with van der Waals surface area (Å²) in [6, 6.07) is 15.4. The summed E-state index contributed by atoms with van der Waals surface area (Å²) in [5, 5.41) is 7.02. The monoisotopic (exact) mass is 349 g/mol. The molecule has 0 saturated carbocycles. The van der Waals surface area contributed by atoms with Gasteiger partial charge in [0.15, 0.2) is 0 Å². The second kappa shape index (κ2) is 8.29. The van der Waals surface area contributed by atoms with Gasteiger partial charge in [-0.15, -0.1) is 0 Å². The summed E-state index contributed by atoms with van der Waals surface area (Å²) in [6.45, 7) is 6.82. The lowest BCUT2D eigenvalue weighted by Crippen LogP contribution is -2.21. The predicted molar refractivity (Wildman–Crippen MR) is 104 cm³/mol. The molecule has 2 aromatic carbocycles. The highest BCUT2D eigenvalue weighted by atomic mass is 16.1. The van der Waals surface area contributed by atoms with Crippen LogP contribution in [0.3, 0.4) is 0 Å². The minimum absolute atomic E-state index is 0.118. The van der Waals surface area contributed by atoms with E-state index in [1.54, 1.807) is 11.0 Å². The smallest absolute Gasteiger partial charge is 0.255 e. The Morgan fingerprint density at radius 1 is 1.04 bits per heavy atom. The zero-order valence-corrected chi connectivity index (χ0v) is 15.1. The van der Waals surface area contributed by atoms with Gasteiger partial charge in [-0.25, -0.2) is 9.67 Å². The van der Waals surface area contributed by atoms with Crippen LogP contribution >= 0.6 is 0 Å². The molecule has 1 heterocycles. The second-order valence-electron chi connectivity index (χ2n) is 5.96. The lowest BCUT2D eigenvalue weighted by Gasteiger charge is -2.21. The molecule has 0 bridgehead atoms. The van der Waals surface area contributed by atoms with Crippen molar-refractivity contribution in [3.05, 3.63) is 72.3 Å². The van der Waals surface area contributed by atoms with Crippen molar-refractivity contribution in [2.45, 2.75) is 20.4 Å². The number of anilines is 2. The minimum Gasteiger partial charge on any atom is -0.372 e. The normalized spacial score (nSPS) is 10.5. The van der Waals surface area contributed by atoms with E-state index in [-0.39, 0.29) is 5.91 Å². The van der Waals surface area contributed by atoms with Crippen molar-refractivity contribution in [2.24, 2.45) is 0 Å². The number of nitrogens with zero attached hydrogens (tertiary/aromatic N) is 4. The number of aromatic nitrogens is 3. The van der Waals surface area contributed by atoms with E-state index in [9.17, 15) is 4.79 Å². The summed E-state index contributed by atoms with van der Waals surface area (Å²) in [5.74, 6) is -0.118. The molecule has 0 radical (unpaired) electrons. The molecular formula is C20H23N5O. The molecule has 3 rings (SSSR count). The molecule has 6 nitrogen and oxygen atoms in total. The number of carbonyl (C=O) groups is 1. The van der Waals surface area contributed by atoms with E-state index in [4.69, 9.17) is 0 Å². The Morgan fingerprint density at radius 3 is 2.31 bits per heavy atom. The maximum absolute atomic E-state index is 12.4. The van der Waals surface area contributed by atoms with Gasteiger partial charge < -0.3 is 10.2 Å². The molecule has 134 valence electrons. The summed E-state index contributed by atoms with van der Waals surface area (Å²) >= 11 is 0.